The lowest BCUT2D eigenvalue weighted by Gasteiger charge is -2.24. The monoisotopic (exact) mass is 278 g/mol. The fourth-order valence-corrected chi connectivity index (χ4v) is 1.42. The van der Waals surface area contributed by atoms with Gasteiger partial charge in [0, 0.05) is 5.02 Å². The molecule has 0 aromatic heterocycles. The molecule has 0 spiro atoms. The smallest absolute Gasteiger partial charge is 0.349 e. The zero-order chi connectivity index (χ0) is 13.9. The van der Waals surface area contributed by atoms with Crippen LogP contribution in [0.2, 0.25) is 5.02 Å². The molecule has 0 fully saturated rings. The molecule has 0 bridgehead atoms. The maximum Gasteiger partial charge on any atom is 0.349 e. The van der Waals surface area contributed by atoms with Crippen LogP contribution in [0.15, 0.2) is 12.1 Å². The number of hydrogen-bond acceptors (Lipinski definition) is 3. The van der Waals surface area contributed by atoms with E-state index in [-0.39, 0.29) is 11.6 Å². The van der Waals surface area contributed by atoms with E-state index in [1.54, 1.807) is 6.92 Å². The molecule has 0 atom stereocenters. The van der Waals surface area contributed by atoms with Gasteiger partial charge in [0.15, 0.2) is 23.0 Å². The van der Waals surface area contributed by atoms with Crippen molar-refractivity contribution in [2.75, 3.05) is 6.61 Å². The molecule has 0 aliphatic rings. The summed E-state index contributed by atoms with van der Waals surface area (Å²) in [6.07, 6.45) is 0. The van der Waals surface area contributed by atoms with Gasteiger partial charge in [-0.15, -0.1) is 0 Å². The summed E-state index contributed by atoms with van der Waals surface area (Å²) in [4.78, 5) is 11.5. The van der Waals surface area contributed by atoms with Gasteiger partial charge >= 0.3 is 5.97 Å². The molecule has 1 rings (SSSR count). The summed E-state index contributed by atoms with van der Waals surface area (Å²) in [7, 11) is 0. The molecule has 0 radical (unpaired) electrons. The van der Waals surface area contributed by atoms with Gasteiger partial charge in [-0.2, -0.15) is 0 Å². The lowest BCUT2D eigenvalue weighted by atomic mass is 10.1. The largest absolute Gasteiger partial charge is 0.470 e. The van der Waals surface area contributed by atoms with Gasteiger partial charge < -0.3 is 9.47 Å². The van der Waals surface area contributed by atoms with E-state index < -0.39 is 29.0 Å². The van der Waals surface area contributed by atoms with Crippen molar-refractivity contribution < 1.29 is 23.0 Å². The van der Waals surface area contributed by atoms with E-state index in [9.17, 15) is 13.6 Å². The predicted molar refractivity (Wildman–Crippen MR) is 62.7 cm³/mol. The Morgan fingerprint density at radius 2 is 1.83 bits per heavy atom. The summed E-state index contributed by atoms with van der Waals surface area (Å²) in [5.41, 5.74) is -1.49. The molecule has 3 nitrogen and oxygen atoms in total. The molecule has 0 aliphatic carbocycles. The number of halogens is 3. The van der Waals surface area contributed by atoms with Crippen LogP contribution in [0.3, 0.4) is 0 Å². The average molecular weight is 279 g/mol. The van der Waals surface area contributed by atoms with Crippen molar-refractivity contribution in [1.29, 1.82) is 0 Å². The second-order valence-corrected chi connectivity index (χ2v) is 4.47. The quantitative estimate of drug-likeness (QED) is 0.793. The Morgan fingerprint density at radius 1 is 1.33 bits per heavy atom. The molecule has 1 aromatic rings. The number of hydrogen-bond donors (Lipinski definition) is 0. The first-order valence-corrected chi connectivity index (χ1v) is 5.66. The van der Waals surface area contributed by atoms with Crippen molar-refractivity contribution >= 4 is 17.6 Å². The van der Waals surface area contributed by atoms with Gasteiger partial charge in [0.2, 0.25) is 0 Å². The molecule has 0 heterocycles. The maximum atomic E-state index is 13.5. The molecule has 0 saturated heterocycles. The normalized spacial score (nSPS) is 11.2. The van der Waals surface area contributed by atoms with Crippen LogP contribution >= 0.6 is 11.6 Å². The molecular weight excluding hydrogens is 266 g/mol. The molecule has 0 unspecified atom stereocenters. The first-order valence-electron chi connectivity index (χ1n) is 5.28. The van der Waals surface area contributed by atoms with Crippen molar-refractivity contribution in [3.05, 3.63) is 28.8 Å². The van der Waals surface area contributed by atoms with Gasteiger partial charge in [-0.25, -0.2) is 13.6 Å². The Bertz CT molecular complexity index is 438. The fourth-order valence-electron chi connectivity index (χ4n) is 1.23. The van der Waals surface area contributed by atoms with E-state index in [2.05, 4.69) is 0 Å². The van der Waals surface area contributed by atoms with Crippen LogP contribution in [0.25, 0.3) is 0 Å². The summed E-state index contributed by atoms with van der Waals surface area (Å²) in [5, 5.41) is -0.0914. The van der Waals surface area contributed by atoms with E-state index in [1.807, 2.05) is 0 Å². The third-order valence-electron chi connectivity index (χ3n) is 2.09. The topological polar surface area (TPSA) is 35.5 Å². The molecule has 0 saturated carbocycles. The van der Waals surface area contributed by atoms with Crippen LogP contribution < -0.4 is 4.74 Å². The minimum Gasteiger partial charge on any atom is -0.470 e. The number of carbonyl (C=O) groups is 1. The highest BCUT2D eigenvalue weighted by Crippen LogP contribution is 2.29. The summed E-state index contributed by atoms with van der Waals surface area (Å²) in [6, 6.07) is 1.81. The van der Waals surface area contributed by atoms with E-state index in [1.165, 1.54) is 13.8 Å². The summed E-state index contributed by atoms with van der Waals surface area (Å²) in [5.74, 6) is -3.31. The van der Waals surface area contributed by atoms with Crippen molar-refractivity contribution in [3.8, 4) is 5.75 Å². The van der Waals surface area contributed by atoms with Crippen LogP contribution in [0.5, 0.6) is 5.75 Å². The first-order chi connectivity index (χ1) is 8.27. The van der Waals surface area contributed by atoms with Crippen LogP contribution in [0.1, 0.15) is 20.8 Å². The molecule has 0 aliphatic heterocycles. The van der Waals surface area contributed by atoms with Gasteiger partial charge in [0.1, 0.15) is 0 Å². The third kappa shape index (κ3) is 3.32. The van der Waals surface area contributed by atoms with Crippen molar-refractivity contribution in [3.63, 3.8) is 0 Å². The minimum atomic E-state index is -1.49. The summed E-state index contributed by atoms with van der Waals surface area (Å²) >= 11 is 5.48. The molecular formula is C12H13ClF2O3. The minimum absolute atomic E-state index is 0.0914. The average Bonchev–Trinajstić information content (AvgIpc) is 2.23. The highest BCUT2D eigenvalue weighted by molar-refractivity contribution is 6.30. The SMILES string of the molecule is CCOC(=O)C(C)(C)Oc1c(F)cc(Cl)cc1F. The summed E-state index contributed by atoms with van der Waals surface area (Å²) in [6.45, 7) is 4.49. The van der Waals surface area contributed by atoms with Crippen molar-refractivity contribution in [2.24, 2.45) is 0 Å². The molecule has 6 heteroatoms. The molecule has 100 valence electrons. The second kappa shape index (κ2) is 5.52. The number of rotatable bonds is 4. The fraction of sp³-hybridized carbons (Fsp3) is 0.417. The van der Waals surface area contributed by atoms with Crippen LogP contribution in [-0.4, -0.2) is 18.2 Å². The molecule has 18 heavy (non-hydrogen) atoms. The summed E-state index contributed by atoms with van der Waals surface area (Å²) < 4.78 is 36.8. The number of benzene rings is 1. The third-order valence-corrected chi connectivity index (χ3v) is 2.31. The van der Waals surface area contributed by atoms with Crippen LogP contribution in [-0.2, 0) is 9.53 Å². The Labute approximate surface area is 109 Å². The standard InChI is InChI=1S/C12H13ClF2O3/c1-4-17-11(16)12(2,3)18-10-8(14)5-7(13)6-9(10)15/h5-6H,4H2,1-3H3. The first kappa shape index (κ1) is 14.7. The highest BCUT2D eigenvalue weighted by atomic mass is 35.5. The van der Waals surface area contributed by atoms with Crippen LogP contribution in [0.4, 0.5) is 8.78 Å². The number of carbonyl (C=O) groups excluding carboxylic acids is 1. The van der Waals surface area contributed by atoms with E-state index in [4.69, 9.17) is 21.1 Å². The molecule has 0 amide bonds. The van der Waals surface area contributed by atoms with Gasteiger partial charge in [-0.05, 0) is 32.9 Å². The van der Waals surface area contributed by atoms with Crippen molar-refractivity contribution in [1.82, 2.24) is 0 Å². The van der Waals surface area contributed by atoms with Gasteiger partial charge in [-0.3, -0.25) is 0 Å². The lowest BCUT2D eigenvalue weighted by molar-refractivity contribution is -0.159. The van der Waals surface area contributed by atoms with Gasteiger partial charge in [-0.1, -0.05) is 11.6 Å². The Hall–Kier alpha value is -1.36. The molecule has 1 aromatic carbocycles. The lowest BCUT2D eigenvalue weighted by Crippen LogP contribution is -2.40. The number of ether oxygens (including phenoxy) is 2. The second-order valence-electron chi connectivity index (χ2n) is 4.03. The van der Waals surface area contributed by atoms with E-state index >= 15 is 0 Å². The van der Waals surface area contributed by atoms with E-state index in [0.717, 1.165) is 12.1 Å². The Kier molecular flexibility index (Phi) is 4.51. The highest BCUT2D eigenvalue weighted by Gasteiger charge is 2.33. The van der Waals surface area contributed by atoms with Gasteiger partial charge in [0.25, 0.3) is 0 Å². The Balaban J connectivity index is 3.00. The van der Waals surface area contributed by atoms with Gasteiger partial charge in [0.05, 0.1) is 6.61 Å². The van der Waals surface area contributed by atoms with Crippen LogP contribution in [0, 0.1) is 11.6 Å². The zero-order valence-electron chi connectivity index (χ0n) is 10.2. The number of esters is 1. The van der Waals surface area contributed by atoms with Crippen molar-refractivity contribution in [2.45, 2.75) is 26.4 Å². The Morgan fingerprint density at radius 3 is 2.28 bits per heavy atom. The predicted octanol–water partition coefficient (Wildman–Crippen LogP) is 3.34. The maximum absolute atomic E-state index is 13.5. The van der Waals surface area contributed by atoms with E-state index in [0.29, 0.717) is 0 Å². The zero-order valence-corrected chi connectivity index (χ0v) is 11.0. The molecule has 0 N–H and O–H groups in total.